The van der Waals surface area contributed by atoms with Gasteiger partial charge < -0.3 is 15.6 Å². The largest absolute Gasteiger partial charge is 0.507 e. The summed E-state index contributed by atoms with van der Waals surface area (Å²) in [5, 5.41) is 9.52. The van der Waals surface area contributed by atoms with Gasteiger partial charge in [0.2, 0.25) is 0 Å². The standard InChI is InChI=1S/C16H15NO4/c17-13(10-11-6-2-1-3-7-11)16(20)21-15(19)12-8-4-5-9-14(12)18/h1-9,13,18H,10,17H2/t13-/m0/s1. The Morgan fingerprint density at radius 2 is 1.67 bits per heavy atom. The van der Waals surface area contributed by atoms with Crippen LogP contribution in [0.15, 0.2) is 54.6 Å². The van der Waals surface area contributed by atoms with Gasteiger partial charge >= 0.3 is 11.9 Å². The number of nitrogens with two attached hydrogens (primary N) is 1. The van der Waals surface area contributed by atoms with E-state index < -0.39 is 18.0 Å². The van der Waals surface area contributed by atoms with Crippen molar-refractivity contribution in [3.63, 3.8) is 0 Å². The van der Waals surface area contributed by atoms with Gasteiger partial charge in [-0.3, -0.25) is 0 Å². The van der Waals surface area contributed by atoms with Crippen molar-refractivity contribution < 1.29 is 19.4 Å². The molecule has 0 radical (unpaired) electrons. The van der Waals surface area contributed by atoms with Gasteiger partial charge in [0.1, 0.15) is 17.4 Å². The summed E-state index contributed by atoms with van der Waals surface area (Å²) in [6.45, 7) is 0. The smallest absolute Gasteiger partial charge is 0.349 e. The third kappa shape index (κ3) is 3.90. The zero-order valence-electron chi connectivity index (χ0n) is 11.2. The molecule has 0 bridgehead atoms. The number of esters is 2. The molecular formula is C16H15NO4. The number of rotatable bonds is 4. The second kappa shape index (κ2) is 6.67. The summed E-state index contributed by atoms with van der Waals surface area (Å²) in [4.78, 5) is 23.6. The number of carbonyl (C=O) groups excluding carboxylic acids is 2. The van der Waals surface area contributed by atoms with Crippen molar-refractivity contribution in [3.05, 3.63) is 65.7 Å². The number of carbonyl (C=O) groups is 2. The van der Waals surface area contributed by atoms with Crippen LogP contribution in [0.25, 0.3) is 0 Å². The highest BCUT2D eigenvalue weighted by molar-refractivity contribution is 5.99. The molecule has 0 aliphatic heterocycles. The molecule has 2 aromatic rings. The third-order valence-electron chi connectivity index (χ3n) is 2.92. The second-order valence-electron chi connectivity index (χ2n) is 4.52. The van der Waals surface area contributed by atoms with Crippen molar-refractivity contribution >= 4 is 11.9 Å². The lowest BCUT2D eigenvalue weighted by Crippen LogP contribution is -2.35. The fourth-order valence-electron chi connectivity index (χ4n) is 1.82. The van der Waals surface area contributed by atoms with Gasteiger partial charge in [0.25, 0.3) is 0 Å². The molecule has 0 amide bonds. The number of phenols is 1. The molecule has 0 aliphatic carbocycles. The Balaban J connectivity index is 1.98. The summed E-state index contributed by atoms with van der Waals surface area (Å²) in [7, 11) is 0. The fraction of sp³-hybridized carbons (Fsp3) is 0.125. The van der Waals surface area contributed by atoms with Gasteiger partial charge in [0.15, 0.2) is 0 Å². The predicted molar refractivity (Wildman–Crippen MR) is 76.7 cm³/mol. The average Bonchev–Trinajstić information content (AvgIpc) is 2.48. The number of benzene rings is 2. The molecule has 21 heavy (non-hydrogen) atoms. The summed E-state index contributed by atoms with van der Waals surface area (Å²) in [6, 6.07) is 14.1. The van der Waals surface area contributed by atoms with E-state index in [0.29, 0.717) is 0 Å². The fourth-order valence-corrected chi connectivity index (χ4v) is 1.82. The first-order valence-corrected chi connectivity index (χ1v) is 6.41. The molecule has 5 heteroatoms. The summed E-state index contributed by atoms with van der Waals surface area (Å²) in [5.41, 5.74) is 6.53. The van der Waals surface area contributed by atoms with E-state index in [1.54, 1.807) is 12.1 Å². The number of hydrogen-bond acceptors (Lipinski definition) is 5. The SMILES string of the molecule is N[C@@H](Cc1ccccc1)C(=O)OC(=O)c1ccccc1O. The molecule has 0 aliphatic rings. The van der Waals surface area contributed by atoms with Crippen LogP contribution in [0.3, 0.4) is 0 Å². The van der Waals surface area contributed by atoms with Crippen LogP contribution in [0.5, 0.6) is 5.75 Å². The highest BCUT2D eigenvalue weighted by atomic mass is 16.6. The molecule has 108 valence electrons. The highest BCUT2D eigenvalue weighted by Crippen LogP contribution is 2.16. The van der Waals surface area contributed by atoms with Gasteiger partial charge in [-0.2, -0.15) is 0 Å². The topological polar surface area (TPSA) is 89.6 Å². The summed E-state index contributed by atoms with van der Waals surface area (Å²) in [5.74, 6) is -1.99. The molecule has 0 heterocycles. The van der Waals surface area contributed by atoms with E-state index in [0.717, 1.165) is 5.56 Å². The molecule has 0 aromatic heterocycles. The lowest BCUT2D eigenvalue weighted by molar-refractivity contribution is -0.139. The van der Waals surface area contributed by atoms with E-state index in [2.05, 4.69) is 4.74 Å². The molecular weight excluding hydrogens is 270 g/mol. The minimum atomic E-state index is -0.942. The first-order valence-electron chi connectivity index (χ1n) is 6.41. The molecule has 2 aromatic carbocycles. The van der Waals surface area contributed by atoms with Crippen molar-refractivity contribution in [2.45, 2.75) is 12.5 Å². The van der Waals surface area contributed by atoms with Gasteiger partial charge in [-0.1, -0.05) is 42.5 Å². The quantitative estimate of drug-likeness (QED) is 0.658. The molecule has 0 unspecified atom stereocenters. The van der Waals surface area contributed by atoms with Gasteiger partial charge in [-0.15, -0.1) is 0 Å². The van der Waals surface area contributed by atoms with Crippen molar-refractivity contribution in [1.82, 2.24) is 0 Å². The maximum absolute atomic E-state index is 11.8. The number of phenolic OH excluding ortho intramolecular Hbond substituents is 1. The van der Waals surface area contributed by atoms with Crippen LogP contribution in [0, 0.1) is 0 Å². The average molecular weight is 285 g/mol. The Morgan fingerprint density at radius 1 is 1.05 bits per heavy atom. The second-order valence-corrected chi connectivity index (χ2v) is 4.52. The van der Waals surface area contributed by atoms with Crippen LogP contribution in [0.1, 0.15) is 15.9 Å². The summed E-state index contributed by atoms with van der Waals surface area (Å²) >= 11 is 0. The minimum Gasteiger partial charge on any atom is -0.507 e. The van der Waals surface area contributed by atoms with E-state index in [4.69, 9.17) is 5.73 Å². The van der Waals surface area contributed by atoms with Crippen LogP contribution < -0.4 is 5.73 Å². The van der Waals surface area contributed by atoms with Gasteiger partial charge in [-0.25, -0.2) is 9.59 Å². The Bertz CT molecular complexity index is 640. The van der Waals surface area contributed by atoms with Crippen LogP contribution in [0.4, 0.5) is 0 Å². The zero-order chi connectivity index (χ0) is 15.2. The molecule has 5 nitrogen and oxygen atoms in total. The molecule has 0 spiro atoms. The lowest BCUT2D eigenvalue weighted by atomic mass is 10.1. The van der Waals surface area contributed by atoms with Crippen molar-refractivity contribution in [2.75, 3.05) is 0 Å². The molecule has 1 atom stereocenters. The van der Waals surface area contributed by atoms with E-state index >= 15 is 0 Å². The number of ether oxygens (including phenoxy) is 1. The molecule has 0 fully saturated rings. The van der Waals surface area contributed by atoms with Crippen LogP contribution in [-0.4, -0.2) is 23.1 Å². The first kappa shape index (κ1) is 14.7. The van der Waals surface area contributed by atoms with Crippen LogP contribution in [0.2, 0.25) is 0 Å². The Kier molecular flexibility index (Phi) is 4.68. The van der Waals surface area contributed by atoms with Crippen molar-refractivity contribution in [1.29, 1.82) is 0 Å². The van der Waals surface area contributed by atoms with E-state index in [1.807, 2.05) is 30.3 Å². The molecule has 3 N–H and O–H groups in total. The van der Waals surface area contributed by atoms with E-state index in [9.17, 15) is 14.7 Å². The minimum absolute atomic E-state index is 0.0715. The maximum Gasteiger partial charge on any atom is 0.349 e. The molecule has 2 rings (SSSR count). The highest BCUT2D eigenvalue weighted by Gasteiger charge is 2.21. The van der Waals surface area contributed by atoms with E-state index in [-0.39, 0.29) is 17.7 Å². The molecule has 0 saturated carbocycles. The van der Waals surface area contributed by atoms with Gasteiger partial charge in [0.05, 0.1) is 0 Å². The van der Waals surface area contributed by atoms with Gasteiger partial charge in [-0.05, 0) is 24.1 Å². The number of para-hydroxylation sites is 1. The normalized spacial score (nSPS) is 11.7. The lowest BCUT2D eigenvalue weighted by Gasteiger charge is -2.10. The zero-order valence-corrected chi connectivity index (χ0v) is 11.2. The van der Waals surface area contributed by atoms with Gasteiger partial charge in [0, 0.05) is 0 Å². The van der Waals surface area contributed by atoms with Crippen molar-refractivity contribution in [2.24, 2.45) is 5.73 Å². The molecule has 0 saturated heterocycles. The summed E-state index contributed by atoms with van der Waals surface area (Å²) < 4.78 is 4.69. The maximum atomic E-state index is 11.8. The Morgan fingerprint density at radius 3 is 2.33 bits per heavy atom. The van der Waals surface area contributed by atoms with E-state index in [1.165, 1.54) is 12.1 Å². The number of hydrogen-bond donors (Lipinski definition) is 2. The van der Waals surface area contributed by atoms with Crippen molar-refractivity contribution in [3.8, 4) is 5.75 Å². The first-order chi connectivity index (χ1) is 10.1. The summed E-state index contributed by atoms with van der Waals surface area (Å²) in [6.07, 6.45) is 0.272. The third-order valence-corrected chi connectivity index (χ3v) is 2.92. The van der Waals surface area contributed by atoms with Crippen LogP contribution in [-0.2, 0) is 16.0 Å². The Labute approximate surface area is 122 Å². The monoisotopic (exact) mass is 285 g/mol. The predicted octanol–water partition coefficient (Wildman–Crippen LogP) is 1.65. The number of aromatic hydroxyl groups is 1. The van der Waals surface area contributed by atoms with Crippen LogP contribution >= 0.6 is 0 Å². The Hall–Kier alpha value is -2.66.